The molecule has 1 aliphatic carbocycles. The molecule has 1 aromatic rings. The van der Waals surface area contributed by atoms with Crippen LogP contribution in [-0.4, -0.2) is 19.0 Å². The van der Waals surface area contributed by atoms with Crippen LogP contribution in [0.3, 0.4) is 0 Å². The summed E-state index contributed by atoms with van der Waals surface area (Å²) in [5.74, 6) is 0.362. The summed E-state index contributed by atoms with van der Waals surface area (Å²) in [4.78, 5) is 12.3. The van der Waals surface area contributed by atoms with Crippen molar-refractivity contribution in [2.45, 2.75) is 31.2 Å². The van der Waals surface area contributed by atoms with E-state index in [0.29, 0.717) is 0 Å². The van der Waals surface area contributed by atoms with Crippen molar-refractivity contribution in [1.29, 1.82) is 0 Å². The lowest BCUT2D eigenvalue weighted by Crippen LogP contribution is -2.52. The van der Waals surface area contributed by atoms with E-state index in [1.807, 2.05) is 0 Å². The highest BCUT2D eigenvalue weighted by Gasteiger charge is 2.41. The number of nitrogens with one attached hydrogen (secondary N) is 2. The highest BCUT2D eigenvalue weighted by atomic mass is 79.9. The van der Waals surface area contributed by atoms with Crippen LogP contribution in [0.15, 0.2) is 28.7 Å². The van der Waals surface area contributed by atoms with Gasteiger partial charge in [-0.15, -0.1) is 0 Å². The van der Waals surface area contributed by atoms with Gasteiger partial charge in [-0.2, -0.15) is 0 Å². The normalized spacial score (nSPS) is 24.8. The van der Waals surface area contributed by atoms with Crippen LogP contribution in [0.25, 0.3) is 0 Å². The second kappa shape index (κ2) is 5.25. The van der Waals surface area contributed by atoms with Crippen LogP contribution in [0.1, 0.15) is 31.2 Å². The molecule has 4 heteroatoms. The molecular weight excluding hydrogens is 304 g/mol. The Morgan fingerprint density at radius 2 is 2.05 bits per heavy atom. The van der Waals surface area contributed by atoms with Crippen LogP contribution in [0.5, 0.6) is 0 Å². The van der Waals surface area contributed by atoms with Crippen LogP contribution < -0.4 is 10.6 Å². The quantitative estimate of drug-likeness (QED) is 0.898. The molecule has 1 saturated heterocycles. The van der Waals surface area contributed by atoms with Gasteiger partial charge in [-0.3, -0.25) is 4.79 Å². The van der Waals surface area contributed by atoms with Gasteiger partial charge in [-0.1, -0.05) is 28.1 Å². The fraction of sp³-hybridized carbons (Fsp3) is 0.533. The minimum absolute atomic E-state index is 0.111. The van der Waals surface area contributed by atoms with Crippen molar-refractivity contribution in [3.8, 4) is 0 Å². The van der Waals surface area contributed by atoms with Crippen LogP contribution in [0.4, 0.5) is 0 Å². The van der Waals surface area contributed by atoms with E-state index in [1.54, 1.807) is 0 Å². The molecular formula is C15H19BrN2O. The number of hydrogen-bond acceptors (Lipinski definition) is 2. The molecule has 0 spiro atoms. The Labute approximate surface area is 122 Å². The molecule has 1 unspecified atom stereocenters. The number of hydrogen-bond donors (Lipinski definition) is 2. The standard InChI is InChI=1S/C15H19BrN2O/c16-13-4-2-12(3-5-13)15(7-1-8-15)18-14(19)11-6-9-17-10-11/h2-5,11,17H,1,6-10H2,(H,18,19). The van der Waals surface area contributed by atoms with Crippen molar-refractivity contribution in [3.63, 3.8) is 0 Å². The first-order chi connectivity index (χ1) is 9.20. The first-order valence-electron chi connectivity index (χ1n) is 6.98. The number of rotatable bonds is 3. The summed E-state index contributed by atoms with van der Waals surface area (Å²) in [7, 11) is 0. The number of carbonyl (C=O) groups excluding carboxylic acids is 1. The molecule has 1 aromatic carbocycles. The molecule has 0 radical (unpaired) electrons. The van der Waals surface area contributed by atoms with E-state index in [1.165, 1.54) is 12.0 Å². The van der Waals surface area contributed by atoms with E-state index in [-0.39, 0.29) is 17.4 Å². The van der Waals surface area contributed by atoms with Gasteiger partial charge in [0.2, 0.25) is 5.91 Å². The van der Waals surface area contributed by atoms with Crippen molar-refractivity contribution in [2.75, 3.05) is 13.1 Å². The predicted molar refractivity (Wildman–Crippen MR) is 78.8 cm³/mol. The third-order valence-electron chi connectivity index (χ3n) is 4.40. The van der Waals surface area contributed by atoms with Crippen LogP contribution in [-0.2, 0) is 10.3 Å². The summed E-state index contributed by atoms with van der Waals surface area (Å²) in [6, 6.07) is 8.35. The van der Waals surface area contributed by atoms with E-state index in [9.17, 15) is 4.79 Å². The van der Waals surface area contributed by atoms with Crippen molar-refractivity contribution >= 4 is 21.8 Å². The Morgan fingerprint density at radius 3 is 2.58 bits per heavy atom. The van der Waals surface area contributed by atoms with Gasteiger partial charge in [0.1, 0.15) is 0 Å². The van der Waals surface area contributed by atoms with E-state index < -0.39 is 0 Å². The maximum atomic E-state index is 12.3. The van der Waals surface area contributed by atoms with Gasteiger partial charge in [0.25, 0.3) is 0 Å². The Morgan fingerprint density at radius 1 is 1.32 bits per heavy atom. The predicted octanol–water partition coefficient (Wildman–Crippen LogP) is 2.55. The van der Waals surface area contributed by atoms with Crippen molar-refractivity contribution in [2.24, 2.45) is 5.92 Å². The summed E-state index contributed by atoms with van der Waals surface area (Å²) in [6.45, 7) is 1.78. The minimum atomic E-state index is -0.111. The van der Waals surface area contributed by atoms with E-state index in [4.69, 9.17) is 0 Å². The Balaban J connectivity index is 1.75. The fourth-order valence-electron chi connectivity index (χ4n) is 3.00. The van der Waals surface area contributed by atoms with Gasteiger partial charge in [0, 0.05) is 11.0 Å². The number of benzene rings is 1. The fourth-order valence-corrected chi connectivity index (χ4v) is 3.27. The Bertz CT molecular complexity index is 462. The van der Waals surface area contributed by atoms with Crippen LogP contribution >= 0.6 is 15.9 Å². The molecule has 0 bridgehead atoms. The monoisotopic (exact) mass is 322 g/mol. The number of halogens is 1. The minimum Gasteiger partial charge on any atom is -0.346 e. The Kier molecular flexibility index (Phi) is 3.63. The molecule has 2 fully saturated rings. The largest absolute Gasteiger partial charge is 0.346 e. The average Bonchev–Trinajstić information content (AvgIpc) is 2.89. The highest BCUT2D eigenvalue weighted by Crippen LogP contribution is 2.41. The zero-order valence-electron chi connectivity index (χ0n) is 10.9. The third-order valence-corrected chi connectivity index (χ3v) is 4.93. The molecule has 3 rings (SSSR count). The lowest BCUT2D eigenvalue weighted by Gasteiger charge is -2.43. The molecule has 2 N–H and O–H groups in total. The average molecular weight is 323 g/mol. The summed E-state index contributed by atoms with van der Waals surface area (Å²) < 4.78 is 1.08. The number of carbonyl (C=O) groups is 1. The van der Waals surface area contributed by atoms with Crippen molar-refractivity contribution in [1.82, 2.24) is 10.6 Å². The molecule has 1 aliphatic heterocycles. The molecule has 1 heterocycles. The van der Waals surface area contributed by atoms with E-state index >= 15 is 0 Å². The molecule has 1 amide bonds. The first kappa shape index (κ1) is 13.1. The zero-order valence-corrected chi connectivity index (χ0v) is 12.5. The van der Waals surface area contributed by atoms with E-state index in [0.717, 1.165) is 36.8 Å². The lowest BCUT2D eigenvalue weighted by atomic mass is 9.71. The summed E-state index contributed by atoms with van der Waals surface area (Å²) in [6.07, 6.45) is 4.27. The van der Waals surface area contributed by atoms with Gasteiger partial charge in [0.15, 0.2) is 0 Å². The molecule has 3 nitrogen and oxygen atoms in total. The van der Waals surface area contributed by atoms with Gasteiger partial charge in [0.05, 0.1) is 11.5 Å². The number of amides is 1. The van der Waals surface area contributed by atoms with Gasteiger partial charge in [-0.25, -0.2) is 0 Å². The van der Waals surface area contributed by atoms with Gasteiger partial charge >= 0.3 is 0 Å². The molecule has 0 aromatic heterocycles. The molecule has 1 saturated carbocycles. The second-order valence-corrected chi connectivity index (χ2v) is 6.54. The first-order valence-corrected chi connectivity index (χ1v) is 7.78. The molecule has 1 atom stereocenters. The van der Waals surface area contributed by atoms with Crippen molar-refractivity contribution in [3.05, 3.63) is 34.3 Å². The molecule has 19 heavy (non-hydrogen) atoms. The Hall–Kier alpha value is -0.870. The molecule has 102 valence electrons. The van der Waals surface area contributed by atoms with Crippen LogP contribution in [0, 0.1) is 5.92 Å². The maximum absolute atomic E-state index is 12.3. The SMILES string of the molecule is O=C(NC1(c2ccc(Br)cc2)CCC1)C1CCNC1. The summed E-state index contributed by atoms with van der Waals surface area (Å²) in [5, 5.41) is 6.57. The smallest absolute Gasteiger partial charge is 0.225 e. The van der Waals surface area contributed by atoms with Crippen molar-refractivity contribution < 1.29 is 4.79 Å². The lowest BCUT2D eigenvalue weighted by molar-refractivity contribution is -0.127. The van der Waals surface area contributed by atoms with Gasteiger partial charge in [-0.05, 0) is 49.9 Å². The zero-order chi connectivity index (χ0) is 13.3. The second-order valence-electron chi connectivity index (χ2n) is 5.62. The summed E-state index contributed by atoms with van der Waals surface area (Å²) >= 11 is 3.46. The van der Waals surface area contributed by atoms with E-state index in [2.05, 4.69) is 50.8 Å². The third kappa shape index (κ3) is 2.56. The topological polar surface area (TPSA) is 41.1 Å². The molecule has 2 aliphatic rings. The van der Waals surface area contributed by atoms with Crippen LogP contribution in [0.2, 0.25) is 0 Å². The maximum Gasteiger partial charge on any atom is 0.225 e. The highest BCUT2D eigenvalue weighted by molar-refractivity contribution is 9.10. The summed E-state index contributed by atoms with van der Waals surface area (Å²) in [5.41, 5.74) is 1.13. The van der Waals surface area contributed by atoms with Gasteiger partial charge < -0.3 is 10.6 Å².